The molecule has 0 atom stereocenters. The van der Waals surface area contributed by atoms with Crippen LogP contribution < -0.4 is 0 Å². The fraction of sp³-hybridized carbons (Fsp3) is 0.385. The highest BCUT2D eigenvalue weighted by Gasteiger charge is 2.09. The molecular formula is C13H16. The summed E-state index contributed by atoms with van der Waals surface area (Å²) in [7, 11) is 0. The van der Waals surface area contributed by atoms with Gasteiger partial charge in [-0.3, -0.25) is 0 Å². The van der Waals surface area contributed by atoms with E-state index in [-0.39, 0.29) is 0 Å². The summed E-state index contributed by atoms with van der Waals surface area (Å²) in [6.45, 7) is 2.24. The number of hydrogen-bond donors (Lipinski definition) is 0. The zero-order chi connectivity index (χ0) is 9.10. The van der Waals surface area contributed by atoms with E-state index < -0.39 is 0 Å². The van der Waals surface area contributed by atoms with Crippen LogP contribution in [0.1, 0.15) is 32.6 Å². The lowest BCUT2D eigenvalue weighted by Crippen LogP contribution is -1.79. The molecule has 0 fully saturated rings. The Kier molecular flexibility index (Phi) is 2.49. The molecule has 2 aliphatic rings. The summed E-state index contributed by atoms with van der Waals surface area (Å²) in [6.07, 6.45) is 16.3. The Morgan fingerprint density at radius 2 is 2.23 bits per heavy atom. The summed E-state index contributed by atoms with van der Waals surface area (Å²) >= 11 is 0. The lowest BCUT2D eigenvalue weighted by Gasteiger charge is -1.98. The zero-order valence-corrected chi connectivity index (χ0v) is 8.22. The largest absolute Gasteiger partial charge is 0.0801 e. The summed E-state index contributed by atoms with van der Waals surface area (Å²) < 4.78 is 0. The first-order valence-corrected chi connectivity index (χ1v) is 5.17. The average Bonchev–Trinajstić information content (AvgIpc) is 2.70. The van der Waals surface area contributed by atoms with Gasteiger partial charge in [-0.25, -0.2) is 0 Å². The molecule has 0 heterocycles. The van der Waals surface area contributed by atoms with Crippen LogP contribution in [0.4, 0.5) is 0 Å². The van der Waals surface area contributed by atoms with Gasteiger partial charge in [0.1, 0.15) is 0 Å². The molecule has 0 radical (unpaired) electrons. The third kappa shape index (κ3) is 1.82. The van der Waals surface area contributed by atoms with Crippen molar-refractivity contribution in [1.29, 1.82) is 0 Å². The van der Waals surface area contributed by atoms with Crippen molar-refractivity contribution in [3.05, 3.63) is 47.1 Å². The Bertz CT molecular complexity index is 311. The molecule has 2 rings (SSSR count). The standard InChI is InChI=1S/C13H16/c1-2-5-11-8-9-13(10-11)12-6-3-4-7-12/h3,6-8,10H,2,4-5,9H2,1H3. The number of hydrogen-bond acceptors (Lipinski definition) is 0. The first kappa shape index (κ1) is 8.55. The Morgan fingerprint density at radius 3 is 2.92 bits per heavy atom. The molecule has 68 valence electrons. The lowest BCUT2D eigenvalue weighted by molar-refractivity contribution is 0.927. The Hall–Kier alpha value is -1.04. The Labute approximate surface area is 80.3 Å². The molecule has 0 nitrogen and oxygen atoms in total. The van der Waals surface area contributed by atoms with E-state index in [1.807, 2.05) is 0 Å². The Morgan fingerprint density at radius 1 is 1.31 bits per heavy atom. The minimum atomic E-state index is 1.12. The van der Waals surface area contributed by atoms with Crippen molar-refractivity contribution < 1.29 is 0 Å². The van der Waals surface area contributed by atoms with E-state index in [0.29, 0.717) is 0 Å². The van der Waals surface area contributed by atoms with Crippen LogP contribution in [0.2, 0.25) is 0 Å². The third-order valence-corrected chi connectivity index (χ3v) is 2.62. The summed E-state index contributed by atoms with van der Waals surface area (Å²) in [5.41, 5.74) is 4.48. The van der Waals surface area contributed by atoms with Crippen molar-refractivity contribution in [2.75, 3.05) is 0 Å². The van der Waals surface area contributed by atoms with Crippen LogP contribution in [0.5, 0.6) is 0 Å². The van der Waals surface area contributed by atoms with E-state index in [4.69, 9.17) is 0 Å². The summed E-state index contributed by atoms with van der Waals surface area (Å²) in [5, 5.41) is 0. The molecule has 0 aliphatic heterocycles. The van der Waals surface area contributed by atoms with Gasteiger partial charge in [0.25, 0.3) is 0 Å². The van der Waals surface area contributed by atoms with Gasteiger partial charge in [-0.05, 0) is 30.4 Å². The molecule has 2 aliphatic carbocycles. The molecule has 0 bridgehead atoms. The van der Waals surface area contributed by atoms with Gasteiger partial charge in [-0.1, -0.05) is 49.3 Å². The van der Waals surface area contributed by atoms with Gasteiger partial charge in [0.05, 0.1) is 0 Å². The van der Waals surface area contributed by atoms with Crippen LogP contribution in [0.15, 0.2) is 47.1 Å². The van der Waals surface area contributed by atoms with E-state index in [1.54, 1.807) is 0 Å². The molecule has 0 spiro atoms. The van der Waals surface area contributed by atoms with Gasteiger partial charge in [0.15, 0.2) is 0 Å². The topological polar surface area (TPSA) is 0 Å². The van der Waals surface area contributed by atoms with Crippen molar-refractivity contribution in [3.63, 3.8) is 0 Å². The SMILES string of the molecule is CCCC1=CCC(C2=CCC=C2)=C1. The second-order valence-electron chi connectivity index (χ2n) is 3.70. The monoisotopic (exact) mass is 172 g/mol. The summed E-state index contributed by atoms with van der Waals surface area (Å²) in [4.78, 5) is 0. The van der Waals surface area contributed by atoms with E-state index >= 15 is 0 Å². The second kappa shape index (κ2) is 3.78. The van der Waals surface area contributed by atoms with E-state index in [2.05, 4.69) is 37.3 Å². The average molecular weight is 172 g/mol. The maximum atomic E-state index is 2.37. The number of allylic oxidation sites excluding steroid dienone is 8. The predicted octanol–water partition coefficient (Wildman–Crippen LogP) is 3.93. The van der Waals surface area contributed by atoms with Gasteiger partial charge in [-0.2, -0.15) is 0 Å². The number of rotatable bonds is 3. The molecular weight excluding hydrogens is 156 g/mol. The van der Waals surface area contributed by atoms with Crippen LogP contribution in [0.3, 0.4) is 0 Å². The fourth-order valence-electron chi connectivity index (χ4n) is 1.94. The van der Waals surface area contributed by atoms with Crippen molar-refractivity contribution >= 4 is 0 Å². The maximum absolute atomic E-state index is 2.37. The fourth-order valence-corrected chi connectivity index (χ4v) is 1.94. The van der Waals surface area contributed by atoms with Gasteiger partial charge < -0.3 is 0 Å². The van der Waals surface area contributed by atoms with Gasteiger partial charge >= 0.3 is 0 Å². The third-order valence-electron chi connectivity index (χ3n) is 2.62. The minimum absolute atomic E-state index is 1.12. The van der Waals surface area contributed by atoms with Crippen LogP contribution >= 0.6 is 0 Å². The highest BCUT2D eigenvalue weighted by molar-refractivity contribution is 5.50. The quantitative estimate of drug-likeness (QED) is 0.605. The molecule has 0 saturated heterocycles. The first-order chi connectivity index (χ1) is 6.40. The van der Waals surface area contributed by atoms with Crippen LogP contribution in [0.25, 0.3) is 0 Å². The van der Waals surface area contributed by atoms with E-state index in [0.717, 1.165) is 12.8 Å². The molecule has 0 unspecified atom stereocenters. The van der Waals surface area contributed by atoms with Crippen molar-refractivity contribution in [2.24, 2.45) is 0 Å². The van der Waals surface area contributed by atoms with Crippen molar-refractivity contribution in [3.8, 4) is 0 Å². The summed E-state index contributed by atoms with van der Waals surface area (Å²) in [6, 6.07) is 0. The van der Waals surface area contributed by atoms with Crippen LogP contribution in [0, 0.1) is 0 Å². The Balaban J connectivity index is 2.05. The highest BCUT2D eigenvalue weighted by Crippen LogP contribution is 2.29. The predicted molar refractivity (Wildman–Crippen MR) is 57.5 cm³/mol. The second-order valence-corrected chi connectivity index (χ2v) is 3.70. The molecule has 0 heteroatoms. The van der Waals surface area contributed by atoms with Crippen LogP contribution in [-0.2, 0) is 0 Å². The molecule has 0 N–H and O–H groups in total. The smallest absolute Gasteiger partial charge is 0.00857 e. The maximum Gasteiger partial charge on any atom is -0.00857 e. The van der Waals surface area contributed by atoms with Crippen LogP contribution in [-0.4, -0.2) is 0 Å². The van der Waals surface area contributed by atoms with Crippen molar-refractivity contribution in [2.45, 2.75) is 32.6 Å². The normalized spacial score (nSPS) is 20.2. The van der Waals surface area contributed by atoms with E-state index in [9.17, 15) is 0 Å². The van der Waals surface area contributed by atoms with Gasteiger partial charge in [0.2, 0.25) is 0 Å². The molecule has 0 aromatic rings. The molecule has 0 saturated carbocycles. The highest BCUT2D eigenvalue weighted by atomic mass is 14.1. The lowest BCUT2D eigenvalue weighted by atomic mass is 10.1. The van der Waals surface area contributed by atoms with Crippen molar-refractivity contribution in [1.82, 2.24) is 0 Å². The molecule has 0 amide bonds. The summed E-state index contributed by atoms with van der Waals surface area (Å²) in [5.74, 6) is 0. The van der Waals surface area contributed by atoms with E-state index in [1.165, 1.54) is 29.6 Å². The minimum Gasteiger partial charge on any atom is -0.0801 e. The molecule has 0 aromatic heterocycles. The van der Waals surface area contributed by atoms with Gasteiger partial charge in [0, 0.05) is 0 Å². The first-order valence-electron chi connectivity index (χ1n) is 5.17. The zero-order valence-electron chi connectivity index (χ0n) is 8.22. The van der Waals surface area contributed by atoms with Gasteiger partial charge in [-0.15, -0.1) is 0 Å². The molecule has 0 aromatic carbocycles. The molecule has 13 heavy (non-hydrogen) atoms.